The first-order chi connectivity index (χ1) is 24.8. The van der Waals surface area contributed by atoms with Gasteiger partial charge < -0.3 is 39.3 Å². The van der Waals surface area contributed by atoms with Crippen molar-refractivity contribution in [3.63, 3.8) is 0 Å². The molecule has 4 fully saturated rings. The number of aryl methyl sites for hydroxylation is 2. The molecule has 5 nitrogen and oxygen atoms in total. The monoisotopic (exact) mass is 796 g/mol. The van der Waals surface area contributed by atoms with Gasteiger partial charge in [0.15, 0.2) is 0 Å². The van der Waals surface area contributed by atoms with Crippen molar-refractivity contribution < 1.29 is 41.2 Å². The molecule has 4 saturated carbocycles. The van der Waals surface area contributed by atoms with E-state index < -0.39 is 0 Å². The summed E-state index contributed by atoms with van der Waals surface area (Å²) in [6.45, 7) is 5.55. The van der Waals surface area contributed by atoms with E-state index >= 15 is 0 Å². The van der Waals surface area contributed by atoms with Crippen molar-refractivity contribution in [3.8, 4) is 28.3 Å². The molecule has 4 aliphatic rings. The van der Waals surface area contributed by atoms with E-state index in [0.29, 0.717) is 18.9 Å². The Balaban J connectivity index is 0.00000166. The second kappa shape index (κ2) is 15.7. The molecule has 6 heteroatoms. The van der Waals surface area contributed by atoms with Crippen LogP contribution in [0.1, 0.15) is 61.6 Å². The second-order valence-corrected chi connectivity index (χ2v) is 15.9. The summed E-state index contributed by atoms with van der Waals surface area (Å²) in [6.07, 6.45) is 8.47. The van der Waals surface area contributed by atoms with Gasteiger partial charge in [0.25, 0.3) is 0 Å². The third-order valence-electron chi connectivity index (χ3n) is 12.4. The third-order valence-corrected chi connectivity index (χ3v) is 12.4. The maximum absolute atomic E-state index is 12.5. The zero-order valence-corrected chi connectivity index (χ0v) is 35.0. The average Bonchev–Trinajstić information content (AvgIpc) is 3.46. The number of para-hydroxylation sites is 3. The molecule has 1 aromatic heterocycles. The van der Waals surface area contributed by atoms with Crippen molar-refractivity contribution in [1.29, 1.82) is 0 Å². The molecule has 5 aromatic carbocycles. The van der Waals surface area contributed by atoms with Crippen molar-refractivity contribution in [2.75, 3.05) is 25.2 Å². The molecule has 0 saturated heterocycles. The van der Waals surface area contributed by atoms with Crippen molar-refractivity contribution in [2.45, 2.75) is 64.2 Å². The largest absolute Gasteiger partial charge is 2.00 e. The number of nitrogens with zero attached hydrogens (tertiary/aromatic N) is 2. The number of fused-ring (bicyclic) bond motifs is 3. The Labute approximate surface area is 341 Å². The fourth-order valence-electron chi connectivity index (χ4n) is 10.8. The summed E-state index contributed by atoms with van der Waals surface area (Å²) < 4.78 is 7.75. The van der Waals surface area contributed by atoms with Gasteiger partial charge in [0.2, 0.25) is 0 Å². The fraction of sp³-hybridized carbons (Fsp3) is 0.333. The van der Waals surface area contributed by atoms with Crippen LogP contribution in [0, 0.1) is 46.5 Å². The summed E-state index contributed by atoms with van der Waals surface area (Å²) in [7, 11) is 1.74. The Morgan fingerprint density at radius 2 is 1.24 bits per heavy atom. The number of phenols is 2. The molecule has 2 N–H and O–H groups in total. The van der Waals surface area contributed by atoms with E-state index in [0.717, 1.165) is 85.3 Å². The minimum Gasteiger partial charge on any atom is -0.505 e. The molecule has 0 aliphatic heterocycles. The van der Waals surface area contributed by atoms with Crippen molar-refractivity contribution in [3.05, 3.63) is 129 Å². The maximum Gasteiger partial charge on any atom is 2.00 e. The van der Waals surface area contributed by atoms with E-state index in [1.54, 1.807) is 7.11 Å². The zero-order chi connectivity index (χ0) is 34.9. The maximum atomic E-state index is 12.5. The summed E-state index contributed by atoms with van der Waals surface area (Å²) in [4.78, 5) is 2.28. The number of ether oxygens (including phenoxy) is 1. The van der Waals surface area contributed by atoms with Gasteiger partial charge in [-0.1, -0.05) is 60.7 Å². The predicted molar refractivity (Wildman–Crippen MR) is 222 cm³/mol. The van der Waals surface area contributed by atoms with Gasteiger partial charge in [-0.2, -0.15) is 0 Å². The zero-order valence-electron chi connectivity index (χ0n) is 32.5. The van der Waals surface area contributed by atoms with Crippen LogP contribution >= 0.6 is 0 Å². The number of hydrogen-bond acceptors (Lipinski definition) is 4. The fourth-order valence-corrected chi connectivity index (χ4v) is 10.8. The molecule has 54 heavy (non-hydrogen) atoms. The van der Waals surface area contributed by atoms with Crippen LogP contribution in [0.4, 0.5) is 11.4 Å². The number of benzene rings is 5. The minimum absolute atomic E-state index is 0. The third kappa shape index (κ3) is 6.62. The minimum atomic E-state index is 0. The number of hydrogen-bond donors (Lipinski definition) is 2. The van der Waals surface area contributed by atoms with Crippen LogP contribution in [-0.2, 0) is 36.4 Å². The molecule has 0 unspecified atom stereocenters. The van der Waals surface area contributed by atoms with Gasteiger partial charge in [0.1, 0.15) is 11.5 Å². The van der Waals surface area contributed by atoms with Gasteiger partial charge in [-0.25, -0.2) is 0 Å². The van der Waals surface area contributed by atoms with Crippen LogP contribution in [0.15, 0.2) is 97.1 Å². The molecule has 278 valence electrons. The smallest absolute Gasteiger partial charge is 0.505 e. The van der Waals surface area contributed by atoms with Crippen LogP contribution in [0.3, 0.4) is 0 Å². The number of phenolic OH excluding ortho intramolecular Hbond substituents is 2. The predicted octanol–water partition coefficient (Wildman–Crippen LogP) is 12.0. The van der Waals surface area contributed by atoms with Gasteiger partial charge in [-0.15, -0.1) is 0 Å². The van der Waals surface area contributed by atoms with Gasteiger partial charge in [-0.3, -0.25) is 0 Å². The van der Waals surface area contributed by atoms with Gasteiger partial charge in [-0.05, 0) is 129 Å². The molecule has 0 amide bonds. The Hall–Kier alpha value is -3.86. The Kier molecular flexibility index (Phi) is 11.6. The summed E-state index contributed by atoms with van der Waals surface area (Å²) in [6, 6.07) is 33.8. The SMILES string of the molecule is COCCCN(c1ccccc1-c1cc(C)cc(-n2c3ccccc3c3ccccc32)c1O)c1cc(C)cc(C23CC4CC(CC(C4)C2)C3)c1O.[CH3-].[CH3-].[Zr+2]. The summed E-state index contributed by atoms with van der Waals surface area (Å²) in [5.74, 6) is 3.01. The summed E-state index contributed by atoms with van der Waals surface area (Å²) >= 11 is 0. The standard InChI is InChI=1S/C46H48N2O3.2CH3.Zr/c1-29-19-37(44(49)43(22-29)48-40-15-8-5-11-34(40)35-12-6-9-16-41(35)48)36-13-4-7-14-39(36)47(17-10-18-51-3)42-21-30(2)20-38(45(42)50)46-26-31-23-32(27-46)25-33(24-31)28-46;;;/h4-9,11-16,19-22,31-33,49-50H,10,17-18,23-28H2,1-3H3;2*1H3;/q;2*-1;+2. The first kappa shape index (κ1) is 39.8. The number of aromatic nitrogens is 1. The van der Waals surface area contributed by atoms with Crippen molar-refractivity contribution in [1.82, 2.24) is 4.57 Å². The van der Waals surface area contributed by atoms with E-state index in [1.807, 2.05) is 6.07 Å². The first-order valence-corrected chi connectivity index (χ1v) is 18.9. The van der Waals surface area contributed by atoms with E-state index in [1.165, 1.54) is 44.1 Å². The van der Waals surface area contributed by atoms with Crippen LogP contribution in [0.25, 0.3) is 38.6 Å². The van der Waals surface area contributed by atoms with Crippen molar-refractivity contribution >= 4 is 33.2 Å². The first-order valence-electron chi connectivity index (χ1n) is 18.9. The van der Waals surface area contributed by atoms with E-state index in [2.05, 4.69) is 114 Å². The van der Waals surface area contributed by atoms with Gasteiger partial charge in [0.05, 0.1) is 22.4 Å². The normalized spacial score (nSPS) is 21.1. The molecule has 0 atom stereocenters. The Morgan fingerprint density at radius 1 is 0.685 bits per heavy atom. The molecule has 6 aromatic rings. The molecule has 0 radical (unpaired) electrons. The quantitative estimate of drug-likeness (QED) is 0.113. The molecular weight excluding hydrogens is 744 g/mol. The molecule has 1 heterocycles. The Morgan fingerprint density at radius 3 is 1.85 bits per heavy atom. The average molecular weight is 798 g/mol. The number of methoxy groups -OCH3 is 1. The number of anilines is 2. The van der Waals surface area contributed by atoms with Gasteiger partial charge in [0, 0.05) is 53.4 Å². The van der Waals surface area contributed by atoms with Crippen LogP contribution in [0.5, 0.6) is 11.5 Å². The van der Waals surface area contributed by atoms with E-state index in [4.69, 9.17) is 4.74 Å². The number of aromatic hydroxyl groups is 2. The van der Waals surface area contributed by atoms with Crippen LogP contribution in [-0.4, -0.2) is 35.0 Å². The van der Waals surface area contributed by atoms with Crippen molar-refractivity contribution in [2.24, 2.45) is 17.8 Å². The van der Waals surface area contributed by atoms with Crippen LogP contribution < -0.4 is 4.90 Å². The molecule has 4 aliphatic carbocycles. The topological polar surface area (TPSA) is 57.9 Å². The summed E-state index contributed by atoms with van der Waals surface area (Å²) in [5, 5.41) is 27.2. The Bertz CT molecular complexity index is 2200. The number of rotatable bonds is 9. The molecule has 0 spiro atoms. The molecular formula is C48H54N2O3Zr. The molecule has 4 bridgehead atoms. The summed E-state index contributed by atoms with van der Waals surface area (Å²) in [5.41, 5.74) is 9.82. The second-order valence-electron chi connectivity index (χ2n) is 15.9. The molecule has 10 rings (SSSR count). The van der Waals surface area contributed by atoms with E-state index in [-0.39, 0.29) is 52.2 Å². The van der Waals surface area contributed by atoms with Gasteiger partial charge >= 0.3 is 26.2 Å². The van der Waals surface area contributed by atoms with E-state index in [9.17, 15) is 10.2 Å². The van der Waals surface area contributed by atoms with Crippen LogP contribution in [0.2, 0.25) is 0 Å².